The van der Waals surface area contributed by atoms with E-state index in [1.165, 1.54) is 13.2 Å². The van der Waals surface area contributed by atoms with Crippen LogP contribution in [0.1, 0.15) is 26.5 Å². The van der Waals surface area contributed by atoms with E-state index in [1.807, 2.05) is 0 Å². The minimum absolute atomic E-state index is 0.369. The van der Waals surface area contributed by atoms with E-state index >= 15 is 0 Å². The lowest BCUT2D eigenvalue weighted by Crippen LogP contribution is -2.27. The third-order valence-electron chi connectivity index (χ3n) is 2.07. The first-order chi connectivity index (χ1) is 9.30. The fraction of sp³-hybridized carbons (Fsp3) is 0.429. The lowest BCUT2D eigenvalue weighted by atomic mass is 10.2. The first kappa shape index (κ1) is 16.1. The van der Waals surface area contributed by atoms with E-state index in [9.17, 15) is 9.90 Å². The van der Waals surface area contributed by atoms with Crippen LogP contribution < -0.4 is 5.32 Å². The van der Waals surface area contributed by atoms with Crippen molar-refractivity contribution in [1.82, 2.24) is 4.98 Å². The van der Waals surface area contributed by atoms with Gasteiger partial charge in [0.25, 0.3) is 0 Å². The highest BCUT2D eigenvalue weighted by Gasteiger charge is 2.16. The van der Waals surface area contributed by atoms with Gasteiger partial charge in [-0.3, -0.25) is 5.32 Å². The summed E-state index contributed by atoms with van der Waals surface area (Å²) in [4.78, 5) is 15.8. The van der Waals surface area contributed by atoms with Crippen LogP contribution in [-0.4, -0.2) is 35.2 Å². The van der Waals surface area contributed by atoms with E-state index in [-0.39, 0.29) is 0 Å². The van der Waals surface area contributed by atoms with Crippen LogP contribution in [-0.2, 0) is 9.47 Å². The Balaban J connectivity index is 2.69. The Hall–Kier alpha value is -1.92. The number of aromatic nitrogens is 1. The maximum atomic E-state index is 11.6. The lowest BCUT2D eigenvalue weighted by Gasteiger charge is -2.19. The summed E-state index contributed by atoms with van der Waals surface area (Å²) in [6, 6.07) is 5.12. The number of pyridine rings is 1. The van der Waals surface area contributed by atoms with Crippen LogP contribution >= 0.6 is 0 Å². The maximum Gasteiger partial charge on any atom is 0.413 e. The molecule has 6 heteroatoms. The summed E-state index contributed by atoms with van der Waals surface area (Å²) in [6.07, 6.45) is 1.48. The molecule has 0 aromatic carbocycles. The Morgan fingerprint density at radius 1 is 1.45 bits per heavy atom. The zero-order chi connectivity index (χ0) is 15.2. The Labute approximate surface area is 118 Å². The fourth-order valence-corrected chi connectivity index (χ4v) is 1.28. The molecule has 1 aromatic rings. The molecular weight excluding hydrogens is 260 g/mol. The minimum Gasteiger partial charge on any atom is -0.444 e. The third-order valence-corrected chi connectivity index (χ3v) is 2.07. The summed E-state index contributed by atoms with van der Waals surface area (Å²) in [6.45, 7) is 5.35. The number of aliphatic hydroxyl groups is 1. The normalized spacial score (nSPS) is 13.2. The SMILES string of the molecule is COC(O)/C=C/c1cccc(NC(=O)OC(C)(C)C)n1. The van der Waals surface area contributed by atoms with Crippen molar-refractivity contribution in [2.75, 3.05) is 12.4 Å². The van der Waals surface area contributed by atoms with Gasteiger partial charge in [0.05, 0.1) is 5.69 Å². The van der Waals surface area contributed by atoms with Crippen molar-refractivity contribution in [3.63, 3.8) is 0 Å². The summed E-state index contributed by atoms with van der Waals surface area (Å²) in [5.74, 6) is 0.369. The van der Waals surface area contributed by atoms with Gasteiger partial charge in [-0.15, -0.1) is 0 Å². The second kappa shape index (κ2) is 7.02. The van der Waals surface area contributed by atoms with Crippen molar-refractivity contribution in [2.24, 2.45) is 0 Å². The molecule has 0 spiro atoms. The number of hydrogen-bond acceptors (Lipinski definition) is 5. The highest BCUT2D eigenvalue weighted by Crippen LogP contribution is 2.11. The van der Waals surface area contributed by atoms with E-state index < -0.39 is 18.0 Å². The smallest absolute Gasteiger partial charge is 0.413 e. The van der Waals surface area contributed by atoms with E-state index in [1.54, 1.807) is 45.0 Å². The number of carbonyl (C=O) groups excluding carboxylic acids is 1. The molecule has 1 rings (SSSR count). The van der Waals surface area contributed by atoms with E-state index in [0.717, 1.165) is 0 Å². The van der Waals surface area contributed by atoms with Gasteiger partial charge in [-0.25, -0.2) is 9.78 Å². The van der Waals surface area contributed by atoms with Crippen LogP contribution in [0.2, 0.25) is 0 Å². The predicted molar refractivity (Wildman–Crippen MR) is 76.1 cm³/mol. The second-order valence-corrected chi connectivity index (χ2v) is 5.06. The van der Waals surface area contributed by atoms with Crippen molar-refractivity contribution >= 4 is 18.0 Å². The number of carbonyl (C=O) groups is 1. The van der Waals surface area contributed by atoms with Crippen molar-refractivity contribution in [3.8, 4) is 0 Å². The molecule has 1 amide bonds. The van der Waals surface area contributed by atoms with Gasteiger partial charge in [0.15, 0.2) is 6.29 Å². The number of amides is 1. The van der Waals surface area contributed by atoms with Crippen molar-refractivity contribution in [2.45, 2.75) is 32.7 Å². The molecule has 0 aliphatic heterocycles. The lowest BCUT2D eigenvalue weighted by molar-refractivity contribution is -0.0350. The molecule has 0 radical (unpaired) electrons. The van der Waals surface area contributed by atoms with Crippen LogP contribution in [0.15, 0.2) is 24.3 Å². The monoisotopic (exact) mass is 280 g/mol. The molecule has 1 atom stereocenters. The molecule has 0 saturated heterocycles. The van der Waals surface area contributed by atoms with Gasteiger partial charge in [0.1, 0.15) is 11.4 Å². The quantitative estimate of drug-likeness (QED) is 0.828. The van der Waals surface area contributed by atoms with E-state index in [4.69, 9.17) is 4.74 Å². The molecule has 1 unspecified atom stereocenters. The molecule has 1 heterocycles. The van der Waals surface area contributed by atoms with Gasteiger partial charge in [0, 0.05) is 7.11 Å². The first-order valence-electron chi connectivity index (χ1n) is 6.16. The molecule has 0 bridgehead atoms. The van der Waals surface area contributed by atoms with Crippen LogP contribution in [0, 0.1) is 0 Å². The summed E-state index contributed by atoms with van der Waals surface area (Å²) in [5, 5.41) is 11.8. The number of aliphatic hydroxyl groups excluding tert-OH is 1. The van der Waals surface area contributed by atoms with Crippen LogP contribution in [0.5, 0.6) is 0 Å². The molecule has 0 aliphatic rings. The zero-order valence-electron chi connectivity index (χ0n) is 12.1. The molecule has 6 nitrogen and oxygen atoms in total. The Kier molecular flexibility index (Phi) is 5.66. The molecule has 0 aliphatic carbocycles. The number of methoxy groups -OCH3 is 1. The largest absolute Gasteiger partial charge is 0.444 e. The van der Waals surface area contributed by atoms with Gasteiger partial charge >= 0.3 is 6.09 Å². The van der Waals surface area contributed by atoms with E-state index in [2.05, 4.69) is 15.0 Å². The van der Waals surface area contributed by atoms with E-state index in [0.29, 0.717) is 11.5 Å². The number of anilines is 1. The van der Waals surface area contributed by atoms with Gasteiger partial charge in [0.2, 0.25) is 0 Å². The van der Waals surface area contributed by atoms with Crippen molar-refractivity contribution < 1.29 is 19.4 Å². The summed E-state index contributed by atoms with van der Waals surface area (Å²) in [7, 11) is 1.39. The molecule has 110 valence electrons. The summed E-state index contributed by atoms with van der Waals surface area (Å²) < 4.78 is 9.80. The molecule has 2 N–H and O–H groups in total. The Bertz CT molecular complexity index is 480. The highest BCUT2D eigenvalue weighted by molar-refractivity contribution is 5.83. The fourth-order valence-electron chi connectivity index (χ4n) is 1.28. The average Bonchev–Trinajstić information content (AvgIpc) is 2.34. The van der Waals surface area contributed by atoms with Gasteiger partial charge in [-0.2, -0.15) is 0 Å². The van der Waals surface area contributed by atoms with Crippen LogP contribution in [0.25, 0.3) is 6.08 Å². The summed E-state index contributed by atoms with van der Waals surface area (Å²) >= 11 is 0. The predicted octanol–water partition coefficient (Wildman–Crippen LogP) is 2.41. The maximum absolute atomic E-state index is 11.6. The molecular formula is C14H20N2O4. The third kappa shape index (κ3) is 6.31. The topological polar surface area (TPSA) is 80.7 Å². The van der Waals surface area contributed by atoms with Crippen molar-refractivity contribution in [1.29, 1.82) is 0 Å². The zero-order valence-corrected chi connectivity index (χ0v) is 12.1. The number of nitrogens with one attached hydrogen (secondary N) is 1. The van der Waals surface area contributed by atoms with Gasteiger partial charge in [-0.05, 0) is 45.1 Å². The van der Waals surface area contributed by atoms with Crippen LogP contribution in [0.4, 0.5) is 10.6 Å². The summed E-state index contributed by atoms with van der Waals surface area (Å²) in [5.41, 5.74) is 0.0131. The second-order valence-electron chi connectivity index (χ2n) is 5.06. The number of hydrogen-bond donors (Lipinski definition) is 2. The van der Waals surface area contributed by atoms with Gasteiger partial charge < -0.3 is 14.6 Å². The molecule has 0 fully saturated rings. The Morgan fingerprint density at radius 2 is 2.15 bits per heavy atom. The molecule has 20 heavy (non-hydrogen) atoms. The number of ether oxygens (including phenoxy) is 2. The number of rotatable bonds is 4. The standard InChI is InChI=1S/C14H20N2O4/c1-14(2,3)20-13(18)16-11-7-5-6-10(15-11)8-9-12(17)19-4/h5-9,12,17H,1-4H3,(H,15,16,18)/b9-8+. The number of nitrogens with zero attached hydrogens (tertiary/aromatic N) is 1. The van der Waals surface area contributed by atoms with Gasteiger partial charge in [-0.1, -0.05) is 6.07 Å². The highest BCUT2D eigenvalue weighted by atomic mass is 16.6. The van der Waals surface area contributed by atoms with Crippen LogP contribution in [0.3, 0.4) is 0 Å². The van der Waals surface area contributed by atoms with Crippen molar-refractivity contribution in [3.05, 3.63) is 30.0 Å². The Morgan fingerprint density at radius 3 is 2.75 bits per heavy atom. The average molecular weight is 280 g/mol. The molecule has 1 aromatic heterocycles. The molecule has 0 saturated carbocycles. The first-order valence-corrected chi connectivity index (χ1v) is 6.16. The minimum atomic E-state index is -0.987.